The topological polar surface area (TPSA) is 0 Å². The summed E-state index contributed by atoms with van der Waals surface area (Å²) in [6, 6.07) is 22.5. The van der Waals surface area contributed by atoms with Crippen molar-refractivity contribution >= 4 is 0 Å². The van der Waals surface area contributed by atoms with Crippen LogP contribution in [0, 0.1) is 76.9 Å². The van der Waals surface area contributed by atoms with E-state index >= 15 is 0 Å². The second-order valence-electron chi connectivity index (χ2n) is 16.0. The molecule has 0 spiro atoms. The van der Waals surface area contributed by atoms with Gasteiger partial charge in [0.05, 0.1) is 0 Å². The SMILES string of the molecule is C=CCCC(C)(C)[C]1[CH][CH][C](C([C]2[C]3C=C(C(C)(C)C)C=C[C]3[C]3C=CC(C(C)(C)C)=C[C]32)(c2ccccc2)c2ccccc2)[CH]1.[Cl-].[Cl-].[Zr+4]. The van der Waals surface area contributed by atoms with Crippen molar-refractivity contribution < 1.29 is 51.0 Å². The Morgan fingerprint density at radius 1 is 0.571 bits per heavy atom. The molecule has 0 heterocycles. The summed E-state index contributed by atoms with van der Waals surface area (Å²) in [5.74, 6) is 9.42. The summed E-state index contributed by atoms with van der Waals surface area (Å²) in [6.45, 7) is 22.7. The van der Waals surface area contributed by atoms with Gasteiger partial charge in [-0.1, -0.05) is 159 Å². The maximum Gasteiger partial charge on any atom is 4.00 e. The first-order valence-corrected chi connectivity index (χ1v) is 17.0. The number of rotatable bonds is 8. The molecule has 2 aromatic carbocycles. The van der Waals surface area contributed by atoms with Gasteiger partial charge in [0, 0.05) is 35.0 Å². The Morgan fingerprint density at radius 2 is 1.00 bits per heavy atom. The summed E-state index contributed by atoms with van der Waals surface area (Å²) >= 11 is 0. The average Bonchev–Trinajstić information content (AvgIpc) is 3.65. The van der Waals surface area contributed by atoms with Crippen molar-refractivity contribution in [1.82, 2.24) is 0 Å². The van der Waals surface area contributed by atoms with Crippen LogP contribution in [-0.2, 0) is 31.6 Å². The van der Waals surface area contributed by atoms with Crippen LogP contribution < -0.4 is 24.8 Å². The summed E-state index contributed by atoms with van der Waals surface area (Å²) in [7, 11) is 0. The Morgan fingerprint density at radius 3 is 1.41 bits per heavy atom. The third-order valence-electron chi connectivity index (χ3n) is 10.3. The summed E-state index contributed by atoms with van der Waals surface area (Å²) in [5.41, 5.74) is 4.83. The van der Waals surface area contributed by atoms with E-state index in [1.54, 1.807) is 0 Å². The van der Waals surface area contributed by atoms with Crippen molar-refractivity contribution in [2.24, 2.45) is 16.2 Å². The van der Waals surface area contributed by atoms with Crippen molar-refractivity contribution in [3.63, 3.8) is 0 Å². The van der Waals surface area contributed by atoms with E-state index in [-0.39, 0.29) is 67.3 Å². The molecule has 0 aliphatic heterocycles. The summed E-state index contributed by atoms with van der Waals surface area (Å²) in [4.78, 5) is 0. The standard InChI is InChI=1S/C46H50.2ClH.Zr/c1-10-11-28-45(8,9)36-22-23-37(29-36)46(32-18-14-12-15-19-32,33-20-16-13-17-21-33)42-40-30-34(43(2,3)4)24-26-38(40)39-27-25-35(31-41(39)42)44(5,6)7;;;/h10,12-27,29-31H,1,11,28H2,2-9H3;2*1H;/q;;;+4/p-2. The molecule has 0 N–H and O–H groups in total. The first-order chi connectivity index (χ1) is 21.8. The van der Waals surface area contributed by atoms with Crippen molar-refractivity contribution in [1.29, 1.82) is 0 Å². The minimum atomic E-state index is -0.539. The van der Waals surface area contributed by atoms with Crippen LogP contribution >= 0.6 is 0 Å². The second-order valence-corrected chi connectivity index (χ2v) is 16.0. The van der Waals surface area contributed by atoms with Gasteiger partial charge in [0.1, 0.15) is 0 Å². The van der Waals surface area contributed by atoms with Gasteiger partial charge in [0.15, 0.2) is 0 Å². The van der Waals surface area contributed by atoms with Crippen LogP contribution in [0.2, 0.25) is 0 Å². The Kier molecular flexibility index (Phi) is 13.8. The van der Waals surface area contributed by atoms with Gasteiger partial charge in [-0.25, -0.2) is 0 Å². The van der Waals surface area contributed by atoms with Crippen LogP contribution in [0.15, 0.2) is 121 Å². The van der Waals surface area contributed by atoms with E-state index in [9.17, 15) is 0 Å². The van der Waals surface area contributed by atoms with Crippen molar-refractivity contribution in [2.45, 2.75) is 73.6 Å². The normalized spacial score (nSPS) is 20.1. The van der Waals surface area contributed by atoms with Crippen LogP contribution in [0.4, 0.5) is 0 Å². The van der Waals surface area contributed by atoms with Crippen LogP contribution in [0.5, 0.6) is 0 Å². The number of hydrogen-bond acceptors (Lipinski definition) is 0. The molecule has 0 bridgehead atoms. The maximum absolute atomic E-state index is 4.02. The molecule has 10 radical (unpaired) electrons. The molecule has 49 heavy (non-hydrogen) atoms. The Labute approximate surface area is 331 Å². The molecule has 2 fully saturated rings. The zero-order valence-corrected chi connectivity index (χ0v) is 34.4. The van der Waals surface area contributed by atoms with Gasteiger partial charge in [-0.3, -0.25) is 0 Å². The Bertz CT molecular complexity index is 1420. The Hall–Kier alpha value is -1.40. The monoisotopic (exact) mass is 762 g/mol. The summed E-state index contributed by atoms with van der Waals surface area (Å²) in [6.07, 6.45) is 25.9. The van der Waals surface area contributed by atoms with E-state index in [0.717, 1.165) is 12.8 Å². The molecule has 2 aromatic rings. The molecule has 6 rings (SSSR count). The van der Waals surface area contributed by atoms with Crippen molar-refractivity contribution in [3.05, 3.63) is 193 Å². The second kappa shape index (κ2) is 16.1. The van der Waals surface area contributed by atoms with Crippen molar-refractivity contribution in [2.75, 3.05) is 0 Å². The van der Waals surface area contributed by atoms with Gasteiger partial charge in [-0.2, -0.15) is 0 Å². The number of fused-ring (bicyclic) bond motifs is 3. The minimum Gasteiger partial charge on any atom is -1.00 e. The molecule has 0 saturated heterocycles. The molecular weight excluding hydrogens is 715 g/mol. The summed E-state index contributed by atoms with van der Waals surface area (Å²) < 4.78 is 0. The van der Waals surface area contributed by atoms with E-state index in [2.05, 4.69) is 178 Å². The quantitative estimate of drug-likeness (QED) is 0.302. The molecule has 3 heteroatoms. The van der Waals surface area contributed by atoms with Crippen molar-refractivity contribution in [3.8, 4) is 0 Å². The van der Waals surface area contributed by atoms with Crippen LogP contribution in [0.1, 0.15) is 79.4 Å². The fraction of sp³-hybridized carbons (Fsp3) is 0.304. The summed E-state index contributed by atoms with van der Waals surface area (Å²) in [5, 5.41) is 0. The van der Waals surface area contributed by atoms with Gasteiger partial charge < -0.3 is 24.8 Å². The zero-order chi connectivity index (χ0) is 32.9. The number of hydrogen-bond donors (Lipinski definition) is 0. The molecular formula is C46H50Cl2Zr+2. The Balaban J connectivity index is 0.00000217. The largest absolute Gasteiger partial charge is 4.00 e. The first kappa shape index (κ1) is 42.0. The van der Waals surface area contributed by atoms with Gasteiger partial charge in [0.25, 0.3) is 0 Å². The van der Waals surface area contributed by atoms with Gasteiger partial charge in [-0.15, -0.1) is 6.58 Å². The van der Waals surface area contributed by atoms with E-state index in [1.165, 1.54) is 63.7 Å². The molecule has 0 nitrogen and oxygen atoms in total. The first-order valence-electron chi connectivity index (χ1n) is 17.0. The predicted octanol–water partition coefficient (Wildman–Crippen LogP) is 5.72. The third kappa shape index (κ3) is 7.86. The predicted molar refractivity (Wildman–Crippen MR) is 196 cm³/mol. The van der Waals surface area contributed by atoms with Gasteiger partial charge in [-0.05, 0) is 82.5 Å². The van der Waals surface area contributed by atoms with E-state index < -0.39 is 5.41 Å². The van der Waals surface area contributed by atoms with Crippen LogP contribution in [0.25, 0.3) is 0 Å². The molecule has 4 aliphatic carbocycles. The van der Waals surface area contributed by atoms with E-state index in [4.69, 9.17) is 0 Å². The molecule has 0 aromatic heterocycles. The van der Waals surface area contributed by atoms with E-state index in [1.807, 2.05) is 6.08 Å². The van der Waals surface area contributed by atoms with E-state index in [0.29, 0.717) is 0 Å². The fourth-order valence-corrected chi connectivity index (χ4v) is 7.47. The number of benzene rings is 2. The number of halogens is 2. The fourth-order valence-electron chi connectivity index (χ4n) is 7.47. The third-order valence-corrected chi connectivity index (χ3v) is 10.3. The van der Waals surface area contributed by atoms with Gasteiger partial charge in [0.2, 0.25) is 0 Å². The molecule has 0 amide bonds. The van der Waals surface area contributed by atoms with Crippen LogP contribution in [0.3, 0.4) is 0 Å². The zero-order valence-electron chi connectivity index (χ0n) is 30.4. The average molecular weight is 765 g/mol. The van der Waals surface area contributed by atoms with Crippen LogP contribution in [-0.4, -0.2) is 0 Å². The smallest absolute Gasteiger partial charge is 1.00 e. The molecule has 2 saturated carbocycles. The number of allylic oxidation sites excluding steroid dienone is 9. The molecule has 250 valence electrons. The molecule has 0 atom stereocenters. The molecule has 0 unspecified atom stereocenters. The molecule has 4 aliphatic rings. The maximum atomic E-state index is 4.02. The van der Waals surface area contributed by atoms with Gasteiger partial charge >= 0.3 is 26.2 Å². The minimum absolute atomic E-state index is 0.